The second kappa shape index (κ2) is 4.02. The maximum Gasteiger partial charge on any atom is 0.415 e. The highest BCUT2D eigenvalue weighted by Gasteiger charge is 2.32. The van der Waals surface area contributed by atoms with E-state index < -0.39 is 18.1 Å². The molecule has 0 unspecified atom stereocenters. The van der Waals surface area contributed by atoms with Gasteiger partial charge >= 0.3 is 12.1 Å². The first-order valence-electron chi connectivity index (χ1n) is 4.42. The molecule has 1 aromatic carbocycles. The number of nitrogens with one attached hydrogen (secondary N) is 1. The van der Waals surface area contributed by atoms with Crippen LogP contribution in [0.15, 0.2) is 28.7 Å². The quantitative estimate of drug-likeness (QED) is 0.656. The first-order valence-corrected chi connectivity index (χ1v) is 5.21. The van der Waals surface area contributed by atoms with Gasteiger partial charge in [-0.05, 0) is 17.7 Å². The summed E-state index contributed by atoms with van der Waals surface area (Å²) in [7, 11) is 0. The minimum absolute atomic E-state index is 0.456. The molecule has 4 nitrogen and oxygen atoms in total. The maximum atomic E-state index is 11.1. The van der Waals surface area contributed by atoms with Crippen LogP contribution in [0.1, 0.15) is 5.56 Å². The van der Waals surface area contributed by atoms with E-state index in [2.05, 4.69) is 26.0 Å². The number of ether oxygens (including phenoxy) is 1. The second-order valence-corrected chi connectivity index (χ2v) is 4.15. The van der Waals surface area contributed by atoms with Gasteiger partial charge in [0.2, 0.25) is 0 Å². The first kappa shape index (κ1) is 10.2. The summed E-state index contributed by atoms with van der Waals surface area (Å²) in [5.74, 6) is -0.511. The smallest absolute Gasteiger partial charge is 0.375 e. The van der Waals surface area contributed by atoms with Gasteiger partial charge in [-0.15, -0.1) is 0 Å². The number of benzene rings is 1. The van der Waals surface area contributed by atoms with Gasteiger partial charge in [-0.1, -0.05) is 28.1 Å². The summed E-state index contributed by atoms with van der Waals surface area (Å²) in [6.07, 6.45) is -0.209. The van der Waals surface area contributed by atoms with E-state index in [0.29, 0.717) is 6.42 Å². The Hall–Kier alpha value is -1.36. The predicted octanol–water partition coefficient (Wildman–Crippen LogP) is 1.63. The fourth-order valence-corrected chi connectivity index (χ4v) is 1.65. The Morgan fingerprint density at radius 2 is 1.93 bits per heavy atom. The summed E-state index contributed by atoms with van der Waals surface area (Å²) in [5, 5.41) is 2.44. The molecule has 1 atom stereocenters. The fraction of sp³-hybridized carbons (Fsp3) is 0.200. The van der Waals surface area contributed by atoms with Crippen molar-refractivity contribution >= 4 is 28.0 Å². The summed E-state index contributed by atoms with van der Waals surface area (Å²) in [4.78, 5) is 21.9. The van der Waals surface area contributed by atoms with E-state index in [9.17, 15) is 9.59 Å². The molecular formula is C10H8BrNO3. The lowest BCUT2D eigenvalue weighted by Crippen LogP contribution is -2.30. The predicted molar refractivity (Wildman–Crippen MR) is 56.3 cm³/mol. The zero-order valence-electron chi connectivity index (χ0n) is 7.70. The molecule has 2 rings (SSSR count). The van der Waals surface area contributed by atoms with Gasteiger partial charge in [0.05, 0.1) is 0 Å². The van der Waals surface area contributed by atoms with Crippen LogP contribution in [0.2, 0.25) is 0 Å². The molecule has 0 aliphatic carbocycles. The number of amides is 1. The molecule has 1 N–H and O–H groups in total. The third-order valence-corrected chi connectivity index (χ3v) is 2.65. The van der Waals surface area contributed by atoms with Crippen molar-refractivity contribution in [2.24, 2.45) is 0 Å². The van der Waals surface area contributed by atoms with Crippen molar-refractivity contribution in [3.63, 3.8) is 0 Å². The Labute approximate surface area is 94.7 Å². The zero-order valence-corrected chi connectivity index (χ0v) is 9.28. The van der Waals surface area contributed by atoms with Crippen molar-refractivity contribution in [1.82, 2.24) is 5.32 Å². The van der Waals surface area contributed by atoms with Crippen LogP contribution in [-0.4, -0.2) is 18.1 Å². The van der Waals surface area contributed by atoms with E-state index in [4.69, 9.17) is 0 Å². The van der Waals surface area contributed by atoms with Crippen molar-refractivity contribution in [3.8, 4) is 0 Å². The van der Waals surface area contributed by atoms with E-state index in [1.54, 1.807) is 0 Å². The lowest BCUT2D eigenvalue weighted by Gasteiger charge is -2.05. The van der Waals surface area contributed by atoms with Crippen molar-refractivity contribution in [2.75, 3.05) is 0 Å². The fourth-order valence-electron chi connectivity index (χ4n) is 1.38. The number of alkyl carbamates (subject to hydrolysis) is 1. The van der Waals surface area contributed by atoms with Gasteiger partial charge in [0, 0.05) is 10.9 Å². The van der Waals surface area contributed by atoms with Crippen LogP contribution in [-0.2, 0) is 16.0 Å². The SMILES string of the molecule is O=C1N[C@@H](Cc2ccc(Br)cc2)C(=O)O1. The molecule has 0 spiro atoms. The van der Waals surface area contributed by atoms with Crippen molar-refractivity contribution < 1.29 is 14.3 Å². The van der Waals surface area contributed by atoms with Crippen LogP contribution < -0.4 is 5.32 Å². The Morgan fingerprint density at radius 3 is 2.47 bits per heavy atom. The molecule has 1 amide bonds. The highest BCUT2D eigenvalue weighted by Crippen LogP contribution is 2.13. The number of hydrogen-bond acceptors (Lipinski definition) is 3. The number of hydrogen-bond donors (Lipinski definition) is 1. The van der Waals surface area contributed by atoms with E-state index in [-0.39, 0.29) is 0 Å². The topological polar surface area (TPSA) is 55.4 Å². The summed E-state index contributed by atoms with van der Waals surface area (Å²) >= 11 is 3.32. The van der Waals surface area contributed by atoms with Crippen LogP contribution in [0.25, 0.3) is 0 Å². The van der Waals surface area contributed by atoms with Crippen LogP contribution in [0.5, 0.6) is 0 Å². The van der Waals surface area contributed by atoms with E-state index in [1.165, 1.54) is 0 Å². The molecular weight excluding hydrogens is 262 g/mol. The number of halogens is 1. The van der Waals surface area contributed by atoms with Crippen LogP contribution >= 0.6 is 15.9 Å². The summed E-state index contributed by atoms with van der Waals surface area (Å²) in [5.41, 5.74) is 0.974. The maximum absolute atomic E-state index is 11.1. The Bertz CT molecular complexity index is 402. The van der Waals surface area contributed by atoms with Gasteiger partial charge in [0.1, 0.15) is 6.04 Å². The first-order chi connectivity index (χ1) is 7.15. The zero-order chi connectivity index (χ0) is 10.8. The lowest BCUT2D eigenvalue weighted by molar-refractivity contribution is -0.135. The van der Waals surface area contributed by atoms with E-state index >= 15 is 0 Å². The summed E-state index contributed by atoms with van der Waals surface area (Å²) < 4.78 is 5.35. The molecule has 1 aliphatic rings. The van der Waals surface area contributed by atoms with Gasteiger partial charge in [-0.2, -0.15) is 0 Å². The number of esters is 1. The van der Waals surface area contributed by atoms with Crippen molar-refractivity contribution in [2.45, 2.75) is 12.5 Å². The number of carbonyl (C=O) groups is 2. The van der Waals surface area contributed by atoms with Crippen LogP contribution in [0.4, 0.5) is 4.79 Å². The molecule has 0 aromatic heterocycles. The molecule has 1 aromatic rings. The molecule has 0 saturated carbocycles. The molecule has 1 aliphatic heterocycles. The molecule has 15 heavy (non-hydrogen) atoms. The van der Waals surface area contributed by atoms with Crippen LogP contribution in [0.3, 0.4) is 0 Å². The third-order valence-electron chi connectivity index (χ3n) is 2.12. The number of rotatable bonds is 2. The Morgan fingerprint density at radius 1 is 1.27 bits per heavy atom. The van der Waals surface area contributed by atoms with Gasteiger partial charge in [0.15, 0.2) is 0 Å². The minimum atomic E-state index is -0.665. The molecule has 1 saturated heterocycles. The summed E-state index contributed by atoms with van der Waals surface area (Å²) in [6.45, 7) is 0. The normalized spacial score (nSPS) is 19.9. The average Bonchev–Trinajstić information content (AvgIpc) is 2.49. The van der Waals surface area contributed by atoms with Gasteiger partial charge in [0.25, 0.3) is 0 Å². The van der Waals surface area contributed by atoms with E-state index in [0.717, 1.165) is 10.0 Å². The van der Waals surface area contributed by atoms with Crippen molar-refractivity contribution in [1.29, 1.82) is 0 Å². The lowest BCUT2D eigenvalue weighted by atomic mass is 10.1. The molecule has 0 bridgehead atoms. The van der Waals surface area contributed by atoms with E-state index in [1.807, 2.05) is 24.3 Å². The molecule has 0 radical (unpaired) electrons. The monoisotopic (exact) mass is 269 g/mol. The average molecular weight is 270 g/mol. The molecule has 5 heteroatoms. The largest absolute Gasteiger partial charge is 0.415 e. The number of carbonyl (C=O) groups excluding carboxylic acids is 2. The Kier molecular flexibility index (Phi) is 2.73. The standard InChI is InChI=1S/C10H8BrNO3/c11-7-3-1-6(2-4-7)5-8-9(13)15-10(14)12-8/h1-4,8H,5H2,(H,12,14)/t8-/m0/s1. The third kappa shape index (κ3) is 2.36. The summed E-state index contributed by atoms with van der Waals surface area (Å²) in [6, 6.07) is 7.00. The highest BCUT2D eigenvalue weighted by molar-refractivity contribution is 9.10. The molecule has 1 heterocycles. The number of cyclic esters (lactones) is 2. The highest BCUT2D eigenvalue weighted by atomic mass is 79.9. The second-order valence-electron chi connectivity index (χ2n) is 3.24. The molecule has 78 valence electrons. The van der Waals surface area contributed by atoms with Gasteiger partial charge < -0.3 is 10.1 Å². The van der Waals surface area contributed by atoms with Crippen molar-refractivity contribution in [3.05, 3.63) is 34.3 Å². The van der Waals surface area contributed by atoms with Crippen LogP contribution in [0, 0.1) is 0 Å². The molecule has 1 fully saturated rings. The van der Waals surface area contributed by atoms with Gasteiger partial charge in [-0.3, -0.25) is 0 Å². The minimum Gasteiger partial charge on any atom is -0.375 e. The van der Waals surface area contributed by atoms with Gasteiger partial charge in [-0.25, -0.2) is 9.59 Å². The Balaban J connectivity index is 2.06.